The summed E-state index contributed by atoms with van der Waals surface area (Å²) in [5.74, 6) is 0.372. The largest absolute Gasteiger partial charge is 0.398 e. The van der Waals surface area contributed by atoms with Crippen LogP contribution in [0.3, 0.4) is 0 Å². The minimum absolute atomic E-state index is 0.142. The highest BCUT2D eigenvalue weighted by atomic mass is 19.4. The lowest BCUT2D eigenvalue weighted by molar-refractivity contribution is -0.227. The molecule has 1 atom stereocenters. The van der Waals surface area contributed by atoms with E-state index in [1.807, 2.05) is 6.92 Å². The fraction of sp³-hybridized carbons (Fsp3) is 0.917. The van der Waals surface area contributed by atoms with Crippen molar-refractivity contribution in [3.8, 4) is 0 Å². The summed E-state index contributed by atoms with van der Waals surface area (Å²) in [6.07, 6.45) is -1.67. The molecular formula is C12H18F3N5O. The molecule has 1 unspecified atom stereocenters. The van der Waals surface area contributed by atoms with Gasteiger partial charge in [-0.2, -0.15) is 13.2 Å². The molecule has 1 aromatic rings. The van der Waals surface area contributed by atoms with Crippen LogP contribution < -0.4 is 4.90 Å². The number of tetrazole rings is 1. The van der Waals surface area contributed by atoms with Gasteiger partial charge >= 0.3 is 6.18 Å². The number of hydrogen-bond donors (Lipinski definition) is 1. The molecule has 118 valence electrons. The molecule has 21 heavy (non-hydrogen) atoms. The maximum atomic E-state index is 13.2. The van der Waals surface area contributed by atoms with Gasteiger partial charge in [-0.3, -0.25) is 0 Å². The van der Waals surface area contributed by atoms with Gasteiger partial charge in [-0.15, -0.1) is 0 Å². The summed E-state index contributed by atoms with van der Waals surface area (Å²) in [6.45, 7) is 0.987. The number of alkyl halides is 3. The monoisotopic (exact) mass is 305 g/mol. The van der Waals surface area contributed by atoms with E-state index >= 15 is 0 Å². The molecule has 0 aromatic carbocycles. The van der Waals surface area contributed by atoms with Crippen molar-refractivity contribution in [2.24, 2.45) is 5.41 Å². The molecule has 1 saturated heterocycles. The van der Waals surface area contributed by atoms with Crippen molar-refractivity contribution < 1.29 is 18.3 Å². The van der Waals surface area contributed by atoms with Crippen LogP contribution in [0.5, 0.6) is 0 Å². The van der Waals surface area contributed by atoms with Crippen molar-refractivity contribution in [2.45, 2.75) is 44.3 Å². The van der Waals surface area contributed by atoms with E-state index in [1.54, 1.807) is 4.68 Å². The Balaban J connectivity index is 1.86. The number of anilines is 1. The normalized spacial score (nSPS) is 28.7. The first kappa shape index (κ1) is 14.6. The Morgan fingerprint density at radius 3 is 2.48 bits per heavy atom. The molecule has 1 aliphatic carbocycles. The number of aliphatic hydroxyl groups excluding tert-OH is 1. The minimum atomic E-state index is -4.44. The molecule has 2 aliphatic rings. The zero-order chi connectivity index (χ0) is 15.3. The molecular weight excluding hydrogens is 287 g/mol. The summed E-state index contributed by atoms with van der Waals surface area (Å²) in [7, 11) is 0. The second-order valence-electron chi connectivity index (χ2n) is 6.35. The number of aliphatic hydroxyl groups is 1. The molecule has 1 aliphatic heterocycles. The highest BCUT2D eigenvalue weighted by molar-refractivity contribution is 5.33. The fourth-order valence-electron chi connectivity index (χ4n) is 3.12. The second-order valence-corrected chi connectivity index (χ2v) is 6.35. The molecule has 2 fully saturated rings. The van der Waals surface area contributed by atoms with Gasteiger partial charge in [0.05, 0.1) is 12.1 Å². The lowest BCUT2D eigenvalue weighted by atomic mass is 9.79. The molecule has 0 spiro atoms. The van der Waals surface area contributed by atoms with Crippen molar-refractivity contribution >= 4 is 5.95 Å². The molecule has 6 nitrogen and oxygen atoms in total. The van der Waals surface area contributed by atoms with Gasteiger partial charge in [-0.1, -0.05) is 5.10 Å². The summed E-state index contributed by atoms with van der Waals surface area (Å²) in [5, 5.41) is 20.7. The smallest absolute Gasteiger partial charge is 0.395 e. The molecule has 1 N–H and O–H groups in total. The van der Waals surface area contributed by atoms with Gasteiger partial charge in [-0.05, 0) is 43.0 Å². The Morgan fingerprint density at radius 2 is 2.00 bits per heavy atom. The van der Waals surface area contributed by atoms with E-state index in [2.05, 4.69) is 15.5 Å². The third kappa shape index (κ3) is 2.09. The van der Waals surface area contributed by atoms with Crippen LogP contribution in [-0.2, 0) is 5.54 Å². The van der Waals surface area contributed by atoms with Crippen molar-refractivity contribution in [3.05, 3.63) is 0 Å². The van der Waals surface area contributed by atoms with E-state index in [4.69, 9.17) is 0 Å². The minimum Gasteiger partial charge on any atom is -0.395 e. The van der Waals surface area contributed by atoms with Crippen LogP contribution in [0.4, 0.5) is 19.1 Å². The van der Waals surface area contributed by atoms with Crippen LogP contribution in [0.2, 0.25) is 0 Å². The molecule has 3 rings (SSSR count). The Hall–Kier alpha value is -1.38. The number of hydrogen-bond acceptors (Lipinski definition) is 5. The van der Waals surface area contributed by atoms with Crippen LogP contribution in [0.25, 0.3) is 0 Å². The highest BCUT2D eigenvalue weighted by Crippen LogP contribution is 2.47. The topological polar surface area (TPSA) is 67.1 Å². The van der Waals surface area contributed by atoms with Crippen LogP contribution in [0.1, 0.15) is 32.6 Å². The van der Waals surface area contributed by atoms with E-state index in [-0.39, 0.29) is 25.0 Å². The highest BCUT2D eigenvalue weighted by Gasteiger charge is 2.58. The first-order valence-electron chi connectivity index (χ1n) is 7.03. The zero-order valence-electron chi connectivity index (χ0n) is 11.8. The van der Waals surface area contributed by atoms with Gasteiger partial charge in [0, 0.05) is 13.1 Å². The Labute approximate surface area is 119 Å². The molecule has 9 heteroatoms. The number of halogens is 3. The van der Waals surface area contributed by atoms with Crippen molar-refractivity contribution in [3.63, 3.8) is 0 Å². The van der Waals surface area contributed by atoms with E-state index in [9.17, 15) is 18.3 Å². The van der Waals surface area contributed by atoms with Gasteiger partial charge in [0.15, 0.2) is 0 Å². The molecule has 2 heterocycles. The van der Waals surface area contributed by atoms with Gasteiger partial charge < -0.3 is 10.0 Å². The SMILES string of the molecule is CC1(n2nnnc2N2CCC(CO)(C(F)(F)F)C2)CCC1. The third-order valence-corrected chi connectivity index (χ3v) is 4.94. The van der Waals surface area contributed by atoms with Gasteiger partial charge in [0.1, 0.15) is 5.41 Å². The van der Waals surface area contributed by atoms with E-state index < -0.39 is 18.2 Å². The van der Waals surface area contributed by atoms with Gasteiger partial charge in [0.25, 0.3) is 0 Å². The molecule has 0 bridgehead atoms. The van der Waals surface area contributed by atoms with Crippen LogP contribution in [-0.4, -0.2) is 51.2 Å². The Morgan fingerprint density at radius 1 is 1.29 bits per heavy atom. The number of nitrogens with zero attached hydrogens (tertiary/aromatic N) is 5. The van der Waals surface area contributed by atoms with Crippen molar-refractivity contribution in [1.82, 2.24) is 20.2 Å². The first-order chi connectivity index (χ1) is 9.81. The fourth-order valence-corrected chi connectivity index (χ4v) is 3.12. The maximum absolute atomic E-state index is 13.2. The average Bonchev–Trinajstić information content (AvgIpc) is 3.01. The van der Waals surface area contributed by atoms with E-state index in [1.165, 1.54) is 4.90 Å². The summed E-state index contributed by atoms with van der Waals surface area (Å²) >= 11 is 0. The van der Waals surface area contributed by atoms with Crippen LogP contribution in [0, 0.1) is 5.41 Å². The number of rotatable bonds is 3. The standard InChI is InChI=1S/C12H18F3N5O/c1-10(3-2-4-10)20-9(16-17-18-20)19-6-5-11(7-19,8-21)12(13,14)15/h21H,2-8H2,1H3. The summed E-state index contributed by atoms with van der Waals surface area (Å²) in [4.78, 5) is 1.54. The Bertz CT molecular complexity index is 527. The summed E-state index contributed by atoms with van der Waals surface area (Å²) < 4.78 is 41.2. The molecule has 0 radical (unpaired) electrons. The predicted octanol–water partition coefficient (Wildman–Crippen LogP) is 1.32. The van der Waals surface area contributed by atoms with Crippen molar-refractivity contribution in [2.75, 3.05) is 24.6 Å². The molecule has 0 amide bonds. The lowest BCUT2D eigenvalue weighted by Crippen LogP contribution is -2.45. The van der Waals surface area contributed by atoms with E-state index in [0.29, 0.717) is 5.95 Å². The van der Waals surface area contributed by atoms with Crippen LogP contribution in [0.15, 0.2) is 0 Å². The zero-order valence-corrected chi connectivity index (χ0v) is 11.8. The van der Waals surface area contributed by atoms with Crippen molar-refractivity contribution in [1.29, 1.82) is 0 Å². The van der Waals surface area contributed by atoms with Crippen LogP contribution >= 0.6 is 0 Å². The summed E-state index contributed by atoms with van der Waals surface area (Å²) in [5.41, 5.74) is -2.29. The molecule has 1 saturated carbocycles. The lowest BCUT2D eigenvalue weighted by Gasteiger charge is -2.39. The second kappa shape index (κ2) is 4.56. The third-order valence-electron chi connectivity index (χ3n) is 4.94. The Kier molecular flexibility index (Phi) is 3.16. The summed E-state index contributed by atoms with van der Waals surface area (Å²) in [6, 6.07) is 0. The van der Waals surface area contributed by atoms with Gasteiger partial charge in [-0.25, -0.2) is 4.68 Å². The maximum Gasteiger partial charge on any atom is 0.398 e. The molecule has 1 aromatic heterocycles. The quantitative estimate of drug-likeness (QED) is 0.912. The van der Waals surface area contributed by atoms with Gasteiger partial charge in [0.2, 0.25) is 5.95 Å². The predicted molar refractivity (Wildman–Crippen MR) is 67.7 cm³/mol. The van der Waals surface area contributed by atoms with E-state index in [0.717, 1.165) is 19.3 Å². The first-order valence-corrected chi connectivity index (χ1v) is 7.03. The number of aromatic nitrogens is 4. The average molecular weight is 305 g/mol.